The lowest BCUT2D eigenvalue weighted by Crippen LogP contribution is -2.11. The van der Waals surface area contributed by atoms with Gasteiger partial charge in [0.1, 0.15) is 6.61 Å². The number of esters is 1. The molecule has 5 heteroatoms. The van der Waals surface area contributed by atoms with Crippen molar-refractivity contribution < 1.29 is 24.2 Å². The highest BCUT2D eigenvalue weighted by molar-refractivity contribution is 5.70. The van der Waals surface area contributed by atoms with Crippen molar-refractivity contribution in [3.8, 4) is 0 Å². The molecule has 0 aliphatic carbocycles. The Morgan fingerprint density at radius 1 is 1.23 bits per heavy atom. The van der Waals surface area contributed by atoms with Gasteiger partial charge in [0.15, 0.2) is 0 Å². The summed E-state index contributed by atoms with van der Waals surface area (Å²) in [6, 6.07) is 0. The summed E-state index contributed by atoms with van der Waals surface area (Å²) in [6.07, 6.45) is 0. The van der Waals surface area contributed by atoms with Crippen molar-refractivity contribution >= 4 is 11.9 Å². The van der Waals surface area contributed by atoms with Gasteiger partial charge in [0.25, 0.3) is 5.97 Å². The maximum absolute atomic E-state index is 10.5. The third kappa shape index (κ3) is 24.8. The molecule has 0 aromatic rings. The lowest BCUT2D eigenvalue weighted by atomic mass is 10.7. The molecule has 78 valence electrons. The fourth-order valence-electron chi connectivity index (χ4n) is 0.388. The van der Waals surface area contributed by atoms with Gasteiger partial charge >= 0.3 is 5.97 Å². The number of aliphatic carboxylic acids is 1. The van der Waals surface area contributed by atoms with Crippen LogP contribution in [-0.4, -0.2) is 36.9 Å². The van der Waals surface area contributed by atoms with E-state index in [1.807, 2.05) is 6.92 Å². The molecule has 0 saturated carbocycles. The largest absolute Gasteiger partial charge is 0.481 e. The molecular weight excluding hydrogens is 176 g/mol. The molecule has 0 bridgehead atoms. The van der Waals surface area contributed by atoms with Gasteiger partial charge in [0.2, 0.25) is 0 Å². The Bertz CT molecular complexity index is 139. The number of rotatable bonds is 4. The first-order valence-corrected chi connectivity index (χ1v) is 3.97. The highest BCUT2D eigenvalue weighted by Gasteiger charge is 1.97. The first-order chi connectivity index (χ1) is 6.04. The van der Waals surface area contributed by atoms with Gasteiger partial charge in [-0.25, -0.2) is 4.79 Å². The van der Waals surface area contributed by atoms with Gasteiger partial charge in [0, 0.05) is 13.5 Å². The van der Waals surface area contributed by atoms with E-state index in [0.717, 1.165) is 6.92 Å². The Morgan fingerprint density at radius 2 is 1.69 bits per heavy atom. The second-order valence-electron chi connectivity index (χ2n) is 1.96. The second-order valence-corrected chi connectivity index (χ2v) is 1.96. The molecule has 13 heavy (non-hydrogen) atoms. The highest BCUT2D eigenvalue weighted by Crippen LogP contribution is 1.79. The van der Waals surface area contributed by atoms with E-state index in [1.54, 1.807) is 6.92 Å². The van der Waals surface area contributed by atoms with Crippen LogP contribution in [-0.2, 0) is 19.1 Å². The minimum atomic E-state index is -0.833. The van der Waals surface area contributed by atoms with Crippen LogP contribution in [0.3, 0.4) is 0 Å². The van der Waals surface area contributed by atoms with E-state index >= 15 is 0 Å². The summed E-state index contributed by atoms with van der Waals surface area (Å²) in [5, 5.41) is 7.42. The van der Waals surface area contributed by atoms with Crippen molar-refractivity contribution in [2.45, 2.75) is 20.8 Å². The fraction of sp³-hybridized carbons (Fsp3) is 0.750. The molecule has 0 atom stereocenters. The van der Waals surface area contributed by atoms with Crippen LogP contribution in [0.2, 0.25) is 0 Å². The predicted molar refractivity (Wildman–Crippen MR) is 46.4 cm³/mol. The molecule has 0 amide bonds. The van der Waals surface area contributed by atoms with E-state index < -0.39 is 5.97 Å². The van der Waals surface area contributed by atoms with Crippen molar-refractivity contribution in [2.24, 2.45) is 0 Å². The lowest BCUT2D eigenvalue weighted by Gasteiger charge is -1.99. The first-order valence-electron chi connectivity index (χ1n) is 3.97. The summed E-state index contributed by atoms with van der Waals surface area (Å²) in [6.45, 7) is 5.73. The van der Waals surface area contributed by atoms with Crippen molar-refractivity contribution in [1.29, 1.82) is 0 Å². The second kappa shape index (κ2) is 10.9. The molecule has 1 N–H and O–H groups in total. The number of hydrogen-bond acceptors (Lipinski definition) is 4. The van der Waals surface area contributed by atoms with Crippen LogP contribution in [0.1, 0.15) is 20.8 Å². The van der Waals surface area contributed by atoms with Crippen molar-refractivity contribution in [1.82, 2.24) is 0 Å². The molecule has 0 aromatic heterocycles. The minimum Gasteiger partial charge on any atom is -0.481 e. The summed E-state index contributed by atoms with van der Waals surface area (Å²) < 4.78 is 9.35. The number of ether oxygens (including phenoxy) is 2. The van der Waals surface area contributed by atoms with Crippen LogP contribution in [0.25, 0.3) is 0 Å². The van der Waals surface area contributed by atoms with Gasteiger partial charge < -0.3 is 14.6 Å². The van der Waals surface area contributed by atoms with Crippen molar-refractivity contribution in [2.75, 3.05) is 19.8 Å². The van der Waals surface area contributed by atoms with Gasteiger partial charge in [-0.05, 0) is 13.8 Å². The molecule has 0 radical (unpaired) electrons. The first kappa shape index (κ1) is 14.4. The van der Waals surface area contributed by atoms with Gasteiger partial charge in [0.05, 0.1) is 6.61 Å². The van der Waals surface area contributed by atoms with Gasteiger partial charge in [-0.15, -0.1) is 0 Å². The van der Waals surface area contributed by atoms with E-state index in [2.05, 4.69) is 4.74 Å². The molecule has 0 aliphatic heterocycles. The monoisotopic (exact) mass is 192 g/mol. The molecule has 0 aromatic carbocycles. The van der Waals surface area contributed by atoms with E-state index in [1.165, 1.54) is 0 Å². The lowest BCUT2D eigenvalue weighted by molar-refractivity contribution is -0.148. The topological polar surface area (TPSA) is 72.8 Å². The van der Waals surface area contributed by atoms with Crippen LogP contribution < -0.4 is 0 Å². The Kier molecular flexibility index (Phi) is 12.1. The van der Waals surface area contributed by atoms with Gasteiger partial charge in [-0.1, -0.05) is 0 Å². The highest BCUT2D eigenvalue weighted by atomic mass is 16.6. The number of carbonyl (C=O) groups excluding carboxylic acids is 1. The fourth-order valence-corrected chi connectivity index (χ4v) is 0.388. The molecular formula is C8H16O5. The minimum absolute atomic E-state index is 0.0737. The summed E-state index contributed by atoms with van der Waals surface area (Å²) in [5.74, 6) is -1.13. The molecule has 0 spiro atoms. The third-order valence-corrected chi connectivity index (χ3v) is 0.729. The van der Waals surface area contributed by atoms with E-state index in [0.29, 0.717) is 13.2 Å². The Morgan fingerprint density at radius 3 is 2.00 bits per heavy atom. The Balaban J connectivity index is 0. The predicted octanol–water partition coefficient (Wildman–Crippen LogP) is 0.677. The Hall–Kier alpha value is -1.10. The molecule has 0 saturated heterocycles. The summed E-state index contributed by atoms with van der Waals surface area (Å²) in [4.78, 5) is 19.5. The third-order valence-electron chi connectivity index (χ3n) is 0.729. The average Bonchev–Trinajstić information content (AvgIpc) is 2.00. The standard InChI is InChI=1S/C6H12O3.C2H4O2/c1-3-8-5-6(7)9-4-2;1-2(3)4/h3-5H2,1-2H3;1H3,(H,3,4). The zero-order chi connectivity index (χ0) is 10.7. The molecule has 0 heterocycles. The van der Waals surface area contributed by atoms with Crippen LogP contribution >= 0.6 is 0 Å². The number of carboxylic acid groups (broad SMARTS) is 1. The van der Waals surface area contributed by atoms with E-state index in [4.69, 9.17) is 14.6 Å². The number of hydrogen-bond donors (Lipinski definition) is 1. The van der Waals surface area contributed by atoms with Crippen molar-refractivity contribution in [3.63, 3.8) is 0 Å². The molecule has 0 fully saturated rings. The van der Waals surface area contributed by atoms with Crippen molar-refractivity contribution in [3.05, 3.63) is 0 Å². The smallest absolute Gasteiger partial charge is 0.332 e. The SMILES string of the molecule is CC(=O)O.CCOCC(=O)OCC. The summed E-state index contributed by atoms with van der Waals surface area (Å²) in [7, 11) is 0. The van der Waals surface area contributed by atoms with Gasteiger partial charge in [-0.2, -0.15) is 0 Å². The maximum Gasteiger partial charge on any atom is 0.332 e. The molecule has 0 aliphatic rings. The quantitative estimate of drug-likeness (QED) is 0.663. The summed E-state index contributed by atoms with van der Waals surface area (Å²) >= 11 is 0. The van der Waals surface area contributed by atoms with E-state index in [9.17, 15) is 4.79 Å². The zero-order valence-electron chi connectivity index (χ0n) is 8.20. The van der Waals surface area contributed by atoms with Crippen LogP contribution in [0.5, 0.6) is 0 Å². The Labute approximate surface area is 77.6 Å². The molecule has 5 nitrogen and oxygen atoms in total. The molecule has 0 unspecified atom stereocenters. The maximum atomic E-state index is 10.5. The average molecular weight is 192 g/mol. The number of carboxylic acids is 1. The van der Waals surface area contributed by atoms with Crippen LogP contribution in [0, 0.1) is 0 Å². The van der Waals surface area contributed by atoms with Crippen LogP contribution in [0.4, 0.5) is 0 Å². The van der Waals surface area contributed by atoms with Crippen LogP contribution in [0.15, 0.2) is 0 Å². The van der Waals surface area contributed by atoms with E-state index in [-0.39, 0.29) is 12.6 Å². The summed E-state index contributed by atoms with van der Waals surface area (Å²) in [5.41, 5.74) is 0. The zero-order valence-corrected chi connectivity index (χ0v) is 8.20. The number of carbonyl (C=O) groups is 2. The normalized spacial score (nSPS) is 8.23. The molecule has 0 rings (SSSR count). The van der Waals surface area contributed by atoms with Gasteiger partial charge in [-0.3, -0.25) is 4.79 Å².